The van der Waals surface area contributed by atoms with Gasteiger partial charge in [0.05, 0.1) is 0 Å². The van der Waals surface area contributed by atoms with E-state index >= 15 is 0 Å². The molecule has 78 valence electrons. The zero-order valence-electron chi connectivity index (χ0n) is 8.84. The minimum atomic E-state index is 0.297. The number of aromatic nitrogens is 2. The summed E-state index contributed by atoms with van der Waals surface area (Å²) in [6, 6.07) is 0. The lowest BCUT2D eigenvalue weighted by molar-refractivity contribution is 0.296. The Morgan fingerprint density at radius 2 is 2.07 bits per heavy atom. The molecule has 0 bridgehead atoms. The van der Waals surface area contributed by atoms with E-state index in [-0.39, 0.29) is 0 Å². The monoisotopic (exact) mass is 195 g/mol. The van der Waals surface area contributed by atoms with Gasteiger partial charge in [-0.2, -0.15) is 0 Å². The van der Waals surface area contributed by atoms with Gasteiger partial charge in [-0.15, -0.1) is 0 Å². The average Bonchev–Trinajstić information content (AvgIpc) is 2.73. The normalized spacial score (nSPS) is 20.1. The molecule has 1 aliphatic rings. The summed E-state index contributed by atoms with van der Waals surface area (Å²) in [4.78, 5) is 0. The highest BCUT2D eigenvalue weighted by Gasteiger charge is 2.28. The van der Waals surface area contributed by atoms with Crippen molar-refractivity contribution in [2.24, 2.45) is 0 Å². The molecule has 4 heteroatoms. The third-order valence-corrected chi connectivity index (χ3v) is 3.14. The SMILES string of the molecule is Cc1nonc1CNC1(C)CCCC1. The van der Waals surface area contributed by atoms with Crippen LogP contribution in [0.1, 0.15) is 44.0 Å². The molecule has 14 heavy (non-hydrogen) atoms. The van der Waals surface area contributed by atoms with Gasteiger partial charge in [-0.25, -0.2) is 4.63 Å². The Balaban J connectivity index is 1.91. The van der Waals surface area contributed by atoms with Crippen LogP contribution < -0.4 is 5.32 Å². The highest BCUT2D eigenvalue weighted by molar-refractivity contribution is 5.05. The fourth-order valence-electron chi connectivity index (χ4n) is 2.04. The quantitative estimate of drug-likeness (QED) is 0.799. The highest BCUT2D eigenvalue weighted by Crippen LogP contribution is 2.29. The van der Waals surface area contributed by atoms with Crippen molar-refractivity contribution < 1.29 is 4.63 Å². The van der Waals surface area contributed by atoms with Crippen molar-refractivity contribution in [3.63, 3.8) is 0 Å². The first kappa shape index (κ1) is 9.65. The van der Waals surface area contributed by atoms with Crippen molar-refractivity contribution >= 4 is 0 Å². The number of hydrogen-bond acceptors (Lipinski definition) is 4. The molecule has 0 aromatic carbocycles. The van der Waals surface area contributed by atoms with Crippen molar-refractivity contribution in [1.82, 2.24) is 15.6 Å². The lowest BCUT2D eigenvalue weighted by Crippen LogP contribution is -2.39. The van der Waals surface area contributed by atoms with E-state index in [1.54, 1.807) is 0 Å². The van der Waals surface area contributed by atoms with E-state index in [4.69, 9.17) is 0 Å². The number of hydrogen-bond donors (Lipinski definition) is 1. The van der Waals surface area contributed by atoms with Crippen LogP contribution in [-0.2, 0) is 6.54 Å². The van der Waals surface area contributed by atoms with Crippen molar-refractivity contribution in [3.8, 4) is 0 Å². The van der Waals surface area contributed by atoms with Gasteiger partial charge >= 0.3 is 0 Å². The molecule has 0 spiro atoms. The summed E-state index contributed by atoms with van der Waals surface area (Å²) in [6.07, 6.45) is 5.19. The fourth-order valence-corrected chi connectivity index (χ4v) is 2.04. The molecule has 2 rings (SSSR count). The van der Waals surface area contributed by atoms with Gasteiger partial charge < -0.3 is 5.32 Å². The summed E-state index contributed by atoms with van der Waals surface area (Å²) in [5.41, 5.74) is 2.11. The Labute approximate surface area is 84.0 Å². The molecule has 1 saturated carbocycles. The van der Waals surface area contributed by atoms with Crippen LogP contribution in [0.3, 0.4) is 0 Å². The highest BCUT2D eigenvalue weighted by atomic mass is 16.6. The molecule has 0 radical (unpaired) electrons. The first-order valence-corrected chi connectivity index (χ1v) is 5.23. The molecule has 4 nitrogen and oxygen atoms in total. The number of nitrogens with one attached hydrogen (secondary N) is 1. The second-order valence-electron chi connectivity index (χ2n) is 4.42. The van der Waals surface area contributed by atoms with Gasteiger partial charge in [-0.05, 0) is 26.7 Å². The van der Waals surface area contributed by atoms with E-state index < -0.39 is 0 Å². The van der Waals surface area contributed by atoms with Gasteiger partial charge in [0.15, 0.2) is 0 Å². The van der Waals surface area contributed by atoms with E-state index in [0.29, 0.717) is 5.54 Å². The summed E-state index contributed by atoms with van der Waals surface area (Å²) in [5, 5.41) is 11.2. The van der Waals surface area contributed by atoms with E-state index in [0.717, 1.165) is 17.9 Å². The first-order valence-electron chi connectivity index (χ1n) is 5.23. The number of aryl methyl sites for hydroxylation is 1. The molecular formula is C10H17N3O. The van der Waals surface area contributed by atoms with E-state index in [2.05, 4.69) is 27.2 Å². The molecule has 0 unspecified atom stereocenters. The van der Waals surface area contributed by atoms with Crippen molar-refractivity contribution in [1.29, 1.82) is 0 Å². The Bertz CT molecular complexity index is 302. The predicted molar refractivity (Wildman–Crippen MR) is 52.7 cm³/mol. The minimum absolute atomic E-state index is 0.297. The maximum Gasteiger partial charge on any atom is 0.121 e. The molecule has 0 amide bonds. The van der Waals surface area contributed by atoms with Crippen LogP contribution in [0.25, 0.3) is 0 Å². The number of nitrogens with zero attached hydrogens (tertiary/aromatic N) is 2. The summed E-state index contributed by atoms with van der Waals surface area (Å²) >= 11 is 0. The molecule has 1 aromatic rings. The molecule has 0 aliphatic heterocycles. The van der Waals surface area contributed by atoms with Gasteiger partial charge in [0, 0.05) is 12.1 Å². The average molecular weight is 195 g/mol. The second kappa shape index (κ2) is 3.69. The molecular weight excluding hydrogens is 178 g/mol. The van der Waals surface area contributed by atoms with Gasteiger partial charge in [0.1, 0.15) is 11.4 Å². The minimum Gasteiger partial charge on any atom is -0.306 e. The Kier molecular flexibility index (Phi) is 2.54. The lowest BCUT2D eigenvalue weighted by Gasteiger charge is -2.24. The summed E-state index contributed by atoms with van der Waals surface area (Å²) in [6.45, 7) is 4.97. The van der Waals surface area contributed by atoms with Gasteiger partial charge in [0.25, 0.3) is 0 Å². The van der Waals surface area contributed by atoms with Crippen molar-refractivity contribution in [2.75, 3.05) is 0 Å². The standard InChI is InChI=1S/C10H17N3O/c1-8-9(13-14-12-8)7-11-10(2)5-3-4-6-10/h11H,3-7H2,1-2H3. The largest absolute Gasteiger partial charge is 0.306 e. The van der Waals surface area contributed by atoms with Crippen LogP contribution in [0.15, 0.2) is 4.63 Å². The number of rotatable bonds is 3. The molecule has 1 aliphatic carbocycles. The van der Waals surface area contributed by atoms with Gasteiger partial charge in [-0.3, -0.25) is 0 Å². The van der Waals surface area contributed by atoms with Crippen molar-refractivity contribution in [3.05, 3.63) is 11.4 Å². The summed E-state index contributed by atoms with van der Waals surface area (Å²) in [7, 11) is 0. The molecule has 0 atom stereocenters. The van der Waals surface area contributed by atoms with Crippen molar-refractivity contribution in [2.45, 2.75) is 51.6 Å². The first-order chi connectivity index (χ1) is 6.70. The molecule has 1 N–H and O–H groups in total. The molecule has 1 heterocycles. The molecule has 1 aromatic heterocycles. The van der Waals surface area contributed by atoms with Gasteiger partial charge in [0.2, 0.25) is 0 Å². The summed E-state index contributed by atoms with van der Waals surface area (Å²) in [5.74, 6) is 0. The van der Waals surface area contributed by atoms with Crippen LogP contribution in [0.4, 0.5) is 0 Å². The predicted octanol–water partition coefficient (Wildman–Crippen LogP) is 1.80. The third kappa shape index (κ3) is 1.95. The van der Waals surface area contributed by atoms with Crippen LogP contribution in [0.5, 0.6) is 0 Å². The zero-order chi connectivity index (χ0) is 10.0. The Morgan fingerprint density at radius 1 is 1.36 bits per heavy atom. The lowest BCUT2D eigenvalue weighted by atomic mass is 10.0. The van der Waals surface area contributed by atoms with Crippen LogP contribution in [0.2, 0.25) is 0 Å². The van der Waals surface area contributed by atoms with E-state index in [1.807, 2.05) is 6.92 Å². The summed E-state index contributed by atoms with van der Waals surface area (Å²) < 4.78 is 4.65. The molecule has 0 saturated heterocycles. The van der Waals surface area contributed by atoms with Crippen LogP contribution in [0, 0.1) is 6.92 Å². The maximum absolute atomic E-state index is 4.65. The smallest absolute Gasteiger partial charge is 0.121 e. The maximum atomic E-state index is 4.65. The van der Waals surface area contributed by atoms with E-state index in [9.17, 15) is 0 Å². The topological polar surface area (TPSA) is 51.0 Å². The van der Waals surface area contributed by atoms with Crippen LogP contribution in [-0.4, -0.2) is 15.9 Å². The van der Waals surface area contributed by atoms with E-state index in [1.165, 1.54) is 25.7 Å². The third-order valence-electron chi connectivity index (χ3n) is 3.14. The fraction of sp³-hybridized carbons (Fsp3) is 0.800. The zero-order valence-corrected chi connectivity index (χ0v) is 8.84. The Hall–Kier alpha value is -0.900. The molecule has 1 fully saturated rings. The van der Waals surface area contributed by atoms with Gasteiger partial charge in [-0.1, -0.05) is 23.2 Å². The Morgan fingerprint density at radius 3 is 2.64 bits per heavy atom. The second-order valence-corrected chi connectivity index (χ2v) is 4.42. The van der Waals surface area contributed by atoms with Crippen LogP contribution >= 0.6 is 0 Å².